The van der Waals surface area contributed by atoms with Gasteiger partial charge in [-0.1, -0.05) is 41.9 Å². The van der Waals surface area contributed by atoms with Crippen molar-refractivity contribution < 1.29 is 9.63 Å². The van der Waals surface area contributed by atoms with Gasteiger partial charge in [0.25, 0.3) is 0 Å². The summed E-state index contributed by atoms with van der Waals surface area (Å²) >= 11 is 6.10. The van der Waals surface area contributed by atoms with E-state index in [0.29, 0.717) is 23.2 Å². The molecule has 0 aliphatic rings. The van der Waals surface area contributed by atoms with E-state index in [4.69, 9.17) is 16.1 Å². The molecule has 0 radical (unpaired) electrons. The molecule has 0 fully saturated rings. The van der Waals surface area contributed by atoms with Gasteiger partial charge in [-0.2, -0.15) is 4.98 Å². The van der Waals surface area contributed by atoms with Crippen LogP contribution in [0.25, 0.3) is 0 Å². The van der Waals surface area contributed by atoms with Crippen molar-refractivity contribution in [3.05, 3.63) is 46.6 Å². The first-order chi connectivity index (χ1) is 9.11. The molecule has 0 saturated heterocycles. The van der Waals surface area contributed by atoms with Crippen LogP contribution in [0.1, 0.15) is 43.5 Å². The summed E-state index contributed by atoms with van der Waals surface area (Å²) in [4.78, 5) is 4.34. The standard InChI is InChI=1S/C14H17ClN2O2/c1-3-11(9(2)18)14-16-13(17-19-14)8-10-6-4-5-7-12(10)15/h4-7,9,11,18H,3,8H2,1-2H3. The molecule has 0 saturated carbocycles. The topological polar surface area (TPSA) is 59.2 Å². The van der Waals surface area contributed by atoms with Crippen LogP contribution in [0, 0.1) is 0 Å². The lowest BCUT2D eigenvalue weighted by Crippen LogP contribution is -2.14. The molecule has 1 aromatic carbocycles. The second-order valence-corrected chi connectivity index (χ2v) is 4.98. The van der Waals surface area contributed by atoms with E-state index in [1.165, 1.54) is 0 Å². The molecule has 2 aromatic rings. The van der Waals surface area contributed by atoms with E-state index in [1.54, 1.807) is 6.92 Å². The van der Waals surface area contributed by atoms with Crippen molar-refractivity contribution in [1.29, 1.82) is 0 Å². The molecule has 0 aliphatic carbocycles. The van der Waals surface area contributed by atoms with Crippen molar-refractivity contribution in [1.82, 2.24) is 10.1 Å². The summed E-state index contributed by atoms with van der Waals surface area (Å²) in [7, 11) is 0. The summed E-state index contributed by atoms with van der Waals surface area (Å²) in [6.07, 6.45) is 0.781. The number of hydrogen-bond acceptors (Lipinski definition) is 4. The Morgan fingerprint density at radius 2 is 2.11 bits per heavy atom. The van der Waals surface area contributed by atoms with Gasteiger partial charge in [-0.3, -0.25) is 0 Å². The first kappa shape index (κ1) is 14.0. The van der Waals surface area contributed by atoms with E-state index in [9.17, 15) is 5.11 Å². The smallest absolute Gasteiger partial charge is 0.232 e. The molecule has 0 spiro atoms. The first-order valence-corrected chi connectivity index (χ1v) is 6.73. The molecule has 1 N–H and O–H groups in total. The highest BCUT2D eigenvalue weighted by molar-refractivity contribution is 6.31. The third-order valence-electron chi connectivity index (χ3n) is 3.13. The molecule has 1 heterocycles. The highest BCUT2D eigenvalue weighted by Crippen LogP contribution is 2.23. The molecule has 4 nitrogen and oxygen atoms in total. The van der Waals surface area contributed by atoms with Crippen molar-refractivity contribution in [2.45, 2.75) is 38.7 Å². The summed E-state index contributed by atoms with van der Waals surface area (Å²) in [6, 6.07) is 7.58. The lowest BCUT2D eigenvalue weighted by molar-refractivity contribution is 0.141. The number of rotatable bonds is 5. The predicted molar refractivity (Wildman–Crippen MR) is 73.3 cm³/mol. The van der Waals surface area contributed by atoms with Crippen molar-refractivity contribution in [2.75, 3.05) is 0 Å². The molecule has 0 bridgehead atoms. The van der Waals surface area contributed by atoms with Crippen LogP contribution in [-0.4, -0.2) is 21.4 Å². The Bertz CT molecular complexity index is 540. The van der Waals surface area contributed by atoms with Gasteiger partial charge in [0.05, 0.1) is 12.0 Å². The lowest BCUT2D eigenvalue weighted by atomic mass is 10.0. The maximum atomic E-state index is 9.66. The molecule has 2 unspecified atom stereocenters. The van der Waals surface area contributed by atoms with Crippen molar-refractivity contribution in [2.24, 2.45) is 0 Å². The number of aliphatic hydroxyl groups is 1. The molecular weight excluding hydrogens is 264 g/mol. The lowest BCUT2D eigenvalue weighted by Gasteiger charge is -2.12. The van der Waals surface area contributed by atoms with Gasteiger partial charge >= 0.3 is 0 Å². The number of nitrogens with zero attached hydrogens (tertiary/aromatic N) is 2. The summed E-state index contributed by atoms with van der Waals surface area (Å²) in [5, 5.41) is 14.3. The highest BCUT2D eigenvalue weighted by atomic mass is 35.5. The minimum absolute atomic E-state index is 0.118. The van der Waals surface area contributed by atoms with Crippen LogP contribution in [0.3, 0.4) is 0 Å². The number of aliphatic hydroxyl groups excluding tert-OH is 1. The summed E-state index contributed by atoms with van der Waals surface area (Å²) in [5.41, 5.74) is 0.960. The molecule has 2 atom stereocenters. The Morgan fingerprint density at radius 3 is 2.74 bits per heavy atom. The van der Waals surface area contributed by atoms with Gasteiger partial charge in [-0.15, -0.1) is 0 Å². The van der Waals surface area contributed by atoms with Crippen molar-refractivity contribution in [3.63, 3.8) is 0 Å². The van der Waals surface area contributed by atoms with E-state index in [1.807, 2.05) is 31.2 Å². The van der Waals surface area contributed by atoms with Crippen LogP contribution >= 0.6 is 11.6 Å². The fraction of sp³-hybridized carbons (Fsp3) is 0.429. The number of halogens is 1. The largest absolute Gasteiger partial charge is 0.393 e. The van der Waals surface area contributed by atoms with Crippen LogP contribution in [0.2, 0.25) is 5.02 Å². The maximum Gasteiger partial charge on any atom is 0.232 e. The van der Waals surface area contributed by atoms with Crippen LogP contribution in [0.5, 0.6) is 0 Å². The van der Waals surface area contributed by atoms with Crippen LogP contribution in [0.4, 0.5) is 0 Å². The molecule has 1 aromatic heterocycles. The predicted octanol–water partition coefficient (Wildman–Crippen LogP) is 3.19. The van der Waals surface area contributed by atoms with E-state index in [-0.39, 0.29) is 5.92 Å². The monoisotopic (exact) mass is 280 g/mol. The van der Waals surface area contributed by atoms with Gasteiger partial charge in [0.15, 0.2) is 5.82 Å². The Hall–Kier alpha value is -1.39. The van der Waals surface area contributed by atoms with Gasteiger partial charge < -0.3 is 9.63 Å². The molecule has 5 heteroatoms. The molecule has 0 amide bonds. The average molecular weight is 281 g/mol. The zero-order valence-electron chi connectivity index (χ0n) is 11.0. The SMILES string of the molecule is CCC(c1nc(Cc2ccccc2Cl)no1)C(C)O. The van der Waals surface area contributed by atoms with Crippen LogP contribution in [0.15, 0.2) is 28.8 Å². The third kappa shape index (κ3) is 3.33. The summed E-state index contributed by atoms with van der Waals surface area (Å²) < 4.78 is 5.23. The van der Waals surface area contributed by atoms with E-state index in [0.717, 1.165) is 12.0 Å². The van der Waals surface area contributed by atoms with E-state index >= 15 is 0 Å². The number of benzene rings is 1. The molecule has 102 valence electrons. The molecular formula is C14H17ClN2O2. The van der Waals surface area contributed by atoms with Crippen molar-refractivity contribution >= 4 is 11.6 Å². The van der Waals surface area contributed by atoms with Gasteiger partial charge in [-0.25, -0.2) is 0 Å². The van der Waals surface area contributed by atoms with Gasteiger partial charge in [-0.05, 0) is 25.0 Å². The van der Waals surface area contributed by atoms with Gasteiger partial charge in [0.2, 0.25) is 5.89 Å². The molecule has 19 heavy (non-hydrogen) atoms. The Labute approximate surface area is 117 Å². The normalized spacial score (nSPS) is 14.3. The third-order valence-corrected chi connectivity index (χ3v) is 3.50. The van der Waals surface area contributed by atoms with E-state index in [2.05, 4.69) is 10.1 Å². The fourth-order valence-electron chi connectivity index (χ4n) is 2.02. The second-order valence-electron chi connectivity index (χ2n) is 4.57. The maximum absolute atomic E-state index is 9.66. The minimum atomic E-state index is -0.501. The molecule has 2 rings (SSSR count). The second kappa shape index (κ2) is 6.17. The van der Waals surface area contributed by atoms with E-state index < -0.39 is 6.10 Å². The Morgan fingerprint density at radius 1 is 1.37 bits per heavy atom. The van der Waals surface area contributed by atoms with Gasteiger partial charge in [0.1, 0.15) is 0 Å². The quantitative estimate of drug-likeness (QED) is 0.914. The van der Waals surface area contributed by atoms with Crippen LogP contribution in [-0.2, 0) is 6.42 Å². The average Bonchev–Trinajstić information content (AvgIpc) is 2.81. The summed E-state index contributed by atoms with van der Waals surface area (Å²) in [6.45, 7) is 3.71. The fourth-order valence-corrected chi connectivity index (χ4v) is 2.23. The summed E-state index contributed by atoms with van der Waals surface area (Å²) in [5.74, 6) is 0.953. The molecule has 0 aliphatic heterocycles. The number of aromatic nitrogens is 2. The van der Waals surface area contributed by atoms with Gasteiger partial charge in [0, 0.05) is 11.4 Å². The minimum Gasteiger partial charge on any atom is -0.393 e. The van der Waals surface area contributed by atoms with Crippen LogP contribution < -0.4 is 0 Å². The zero-order valence-corrected chi connectivity index (χ0v) is 11.8. The van der Waals surface area contributed by atoms with Crippen molar-refractivity contribution in [3.8, 4) is 0 Å². The Balaban J connectivity index is 2.16. The number of hydrogen-bond donors (Lipinski definition) is 1. The zero-order chi connectivity index (χ0) is 13.8. The first-order valence-electron chi connectivity index (χ1n) is 6.35. The Kier molecular flexibility index (Phi) is 4.56. The highest BCUT2D eigenvalue weighted by Gasteiger charge is 2.22.